The zero-order valence-corrected chi connectivity index (χ0v) is 21.8. The van der Waals surface area contributed by atoms with Crippen LogP contribution in [0, 0.1) is 17.8 Å². The zero-order valence-electron chi connectivity index (χ0n) is 21.8. The Bertz CT molecular complexity index is 1200. The van der Waals surface area contributed by atoms with Gasteiger partial charge in [-0.15, -0.1) is 0 Å². The fraction of sp³-hybridized carbons (Fsp3) is 0.429. The molecule has 1 aliphatic heterocycles. The van der Waals surface area contributed by atoms with Gasteiger partial charge in [-0.3, -0.25) is 4.99 Å². The first-order chi connectivity index (χ1) is 17.4. The highest BCUT2D eigenvalue weighted by atomic mass is 16.8. The first-order valence-electron chi connectivity index (χ1n) is 12.3. The second-order valence-corrected chi connectivity index (χ2v) is 9.89. The van der Waals surface area contributed by atoms with E-state index < -0.39 is 11.6 Å². The summed E-state index contributed by atoms with van der Waals surface area (Å²) >= 11 is 0. The number of nitrogens with two attached hydrogens (primary N) is 2. The predicted molar refractivity (Wildman–Crippen MR) is 145 cm³/mol. The number of ether oxygens (including phenoxy) is 1. The van der Waals surface area contributed by atoms with Crippen LogP contribution in [0.2, 0.25) is 0 Å². The average molecular weight is 508 g/mol. The van der Waals surface area contributed by atoms with Gasteiger partial charge < -0.3 is 36.4 Å². The van der Waals surface area contributed by atoms with Gasteiger partial charge in [0.05, 0.1) is 11.6 Å². The SMILES string of the molecule is CC(C)C(C)(O)C#Cc1cccc(C(O)(O)Oc2cc(C(C=NC3CCN(C)CC3)=CN)cnc2N)c1. The number of aliphatic hydroxyl groups is 3. The molecular weight excluding hydrogens is 470 g/mol. The highest BCUT2D eigenvalue weighted by molar-refractivity contribution is 6.09. The van der Waals surface area contributed by atoms with Crippen LogP contribution in [0.25, 0.3) is 5.57 Å². The fourth-order valence-electron chi connectivity index (χ4n) is 3.59. The van der Waals surface area contributed by atoms with Crippen molar-refractivity contribution in [2.75, 3.05) is 25.9 Å². The molecule has 9 nitrogen and oxygen atoms in total. The summed E-state index contributed by atoms with van der Waals surface area (Å²) in [5, 5.41) is 31.9. The molecule has 0 saturated carbocycles. The molecule has 1 aliphatic rings. The van der Waals surface area contributed by atoms with Gasteiger partial charge in [0, 0.05) is 35.3 Å². The van der Waals surface area contributed by atoms with Gasteiger partial charge in [0.2, 0.25) is 0 Å². The largest absolute Gasteiger partial charge is 0.432 e. The number of nitrogens with zero attached hydrogens (tertiary/aromatic N) is 3. The Labute approximate surface area is 218 Å². The van der Waals surface area contributed by atoms with E-state index in [1.165, 1.54) is 30.6 Å². The van der Waals surface area contributed by atoms with E-state index >= 15 is 0 Å². The molecule has 7 N–H and O–H groups in total. The minimum atomic E-state index is -2.72. The molecule has 9 heteroatoms. The Balaban J connectivity index is 1.81. The standard InChI is InChI=1S/C28H37N5O4/c1-19(2)27(3,34)11-8-20-6-5-7-23(14-20)28(35,36)37-25-15-21(17-32-26(25)30)22(16-29)18-31-24-9-12-33(4)13-10-24/h5-7,14-19,24,34-36H,9-10,12-13,29H2,1-4H3,(H2,30,32). The van der Waals surface area contributed by atoms with Crippen molar-refractivity contribution in [2.45, 2.75) is 51.2 Å². The van der Waals surface area contributed by atoms with Crippen LogP contribution in [-0.2, 0) is 5.97 Å². The van der Waals surface area contributed by atoms with Crippen molar-refractivity contribution in [2.24, 2.45) is 16.6 Å². The maximum absolute atomic E-state index is 10.8. The summed E-state index contributed by atoms with van der Waals surface area (Å²) in [5.74, 6) is 2.83. The first kappa shape index (κ1) is 28.2. The first-order valence-corrected chi connectivity index (χ1v) is 12.3. The normalized spacial score (nSPS) is 17.5. The molecule has 3 rings (SSSR count). The van der Waals surface area contributed by atoms with Crippen molar-refractivity contribution in [3.8, 4) is 17.6 Å². The maximum atomic E-state index is 10.8. The molecule has 0 amide bonds. The van der Waals surface area contributed by atoms with Crippen molar-refractivity contribution in [1.82, 2.24) is 9.88 Å². The molecule has 1 saturated heterocycles. The van der Waals surface area contributed by atoms with E-state index in [4.69, 9.17) is 16.2 Å². The third-order valence-electron chi connectivity index (χ3n) is 6.58. The van der Waals surface area contributed by atoms with E-state index in [-0.39, 0.29) is 29.1 Å². The lowest BCUT2D eigenvalue weighted by molar-refractivity contribution is -0.303. The van der Waals surface area contributed by atoms with Gasteiger partial charge in [-0.1, -0.05) is 31.8 Å². The lowest BCUT2D eigenvalue weighted by Gasteiger charge is -2.26. The number of hydrogen-bond donors (Lipinski definition) is 5. The number of nitrogen functional groups attached to an aromatic ring is 1. The summed E-state index contributed by atoms with van der Waals surface area (Å²) in [5.41, 5.74) is 12.3. The quantitative estimate of drug-likeness (QED) is 0.217. The number of allylic oxidation sites excluding steroid dienone is 1. The number of rotatable bonds is 7. The van der Waals surface area contributed by atoms with Crippen LogP contribution in [-0.4, -0.2) is 63.2 Å². The number of benzene rings is 1. The van der Waals surface area contributed by atoms with Crippen molar-refractivity contribution in [3.63, 3.8) is 0 Å². The smallest absolute Gasteiger partial charge is 0.351 e. The molecule has 0 spiro atoms. The van der Waals surface area contributed by atoms with Crippen LogP contribution < -0.4 is 16.2 Å². The van der Waals surface area contributed by atoms with Gasteiger partial charge in [0.1, 0.15) is 5.60 Å². The van der Waals surface area contributed by atoms with E-state index in [1.54, 1.807) is 25.3 Å². The van der Waals surface area contributed by atoms with Crippen LogP contribution >= 0.6 is 0 Å². The van der Waals surface area contributed by atoms with Crippen LogP contribution in [0.4, 0.5) is 5.82 Å². The molecule has 37 heavy (non-hydrogen) atoms. The Hall–Kier alpha value is -3.42. The summed E-state index contributed by atoms with van der Waals surface area (Å²) in [6, 6.07) is 8.01. The number of aromatic nitrogens is 1. The minimum absolute atomic E-state index is 0.0243. The molecule has 1 fully saturated rings. The Morgan fingerprint density at radius 3 is 2.59 bits per heavy atom. The molecule has 0 bridgehead atoms. The molecule has 1 aromatic carbocycles. The molecule has 1 aromatic heterocycles. The van der Waals surface area contributed by atoms with Gasteiger partial charge in [0.25, 0.3) is 0 Å². The third-order valence-corrected chi connectivity index (χ3v) is 6.58. The highest BCUT2D eigenvalue weighted by Crippen LogP contribution is 2.30. The number of piperidine rings is 1. The van der Waals surface area contributed by atoms with Crippen LogP contribution in [0.3, 0.4) is 0 Å². The highest BCUT2D eigenvalue weighted by Gasteiger charge is 2.30. The van der Waals surface area contributed by atoms with Crippen molar-refractivity contribution in [1.29, 1.82) is 0 Å². The van der Waals surface area contributed by atoms with E-state index in [1.807, 2.05) is 13.8 Å². The van der Waals surface area contributed by atoms with E-state index in [2.05, 4.69) is 33.8 Å². The number of hydrogen-bond acceptors (Lipinski definition) is 9. The van der Waals surface area contributed by atoms with Crippen LogP contribution in [0.5, 0.6) is 5.75 Å². The summed E-state index contributed by atoms with van der Waals surface area (Å²) < 4.78 is 5.51. The van der Waals surface area contributed by atoms with Crippen molar-refractivity contribution < 1.29 is 20.1 Å². The fourth-order valence-corrected chi connectivity index (χ4v) is 3.59. The van der Waals surface area contributed by atoms with E-state index in [0.29, 0.717) is 16.7 Å². The average Bonchev–Trinajstić information content (AvgIpc) is 2.86. The third kappa shape index (κ3) is 7.54. The molecule has 1 unspecified atom stereocenters. The number of aliphatic imine (C=N–C) groups is 1. The van der Waals surface area contributed by atoms with Gasteiger partial charge in [-0.25, -0.2) is 4.98 Å². The lowest BCUT2D eigenvalue weighted by atomic mass is 9.93. The molecule has 2 aromatic rings. The molecule has 198 valence electrons. The maximum Gasteiger partial charge on any atom is 0.351 e. The lowest BCUT2D eigenvalue weighted by Crippen LogP contribution is -2.33. The Morgan fingerprint density at radius 1 is 1.24 bits per heavy atom. The summed E-state index contributed by atoms with van der Waals surface area (Å²) in [4.78, 5) is 11.1. The van der Waals surface area contributed by atoms with Gasteiger partial charge in [0.15, 0.2) is 11.6 Å². The van der Waals surface area contributed by atoms with Gasteiger partial charge in [-0.2, -0.15) is 0 Å². The van der Waals surface area contributed by atoms with Crippen molar-refractivity contribution in [3.05, 3.63) is 59.4 Å². The molecule has 1 atom stereocenters. The number of likely N-dealkylation sites (tertiary alicyclic amines) is 1. The van der Waals surface area contributed by atoms with Crippen molar-refractivity contribution >= 4 is 17.6 Å². The minimum Gasteiger partial charge on any atom is -0.432 e. The topological polar surface area (TPSA) is 150 Å². The summed E-state index contributed by atoms with van der Waals surface area (Å²) in [7, 11) is 2.09. The Kier molecular flexibility index (Phi) is 8.94. The van der Waals surface area contributed by atoms with E-state index in [9.17, 15) is 15.3 Å². The predicted octanol–water partition coefficient (Wildman–Crippen LogP) is 2.06. The second kappa shape index (κ2) is 11.8. The van der Waals surface area contributed by atoms with Crippen LogP contribution in [0.15, 0.2) is 47.7 Å². The number of pyridine rings is 1. The molecule has 0 aliphatic carbocycles. The molecule has 0 radical (unpaired) electrons. The Morgan fingerprint density at radius 2 is 1.95 bits per heavy atom. The second-order valence-electron chi connectivity index (χ2n) is 9.89. The van der Waals surface area contributed by atoms with Gasteiger partial charge >= 0.3 is 5.97 Å². The molecule has 2 heterocycles. The molecular formula is C28H37N5O4. The monoisotopic (exact) mass is 507 g/mol. The van der Waals surface area contributed by atoms with Crippen LogP contribution in [0.1, 0.15) is 50.3 Å². The van der Waals surface area contributed by atoms with Gasteiger partial charge in [-0.05, 0) is 70.1 Å². The zero-order chi connectivity index (χ0) is 27.2. The number of anilines is 1. The summed E-state index contributed by atoms with van der Waals surface area (Å²) in [6.45, 7) is 7.34. The summed E-state index contributed by atoms with van der Waals surface area (Å²) in [6.07, 6.45) is 6.57. The van der Waals surface area contributed by atoms with E-state index in [0.717, 1.165) is 25.9 Å².